The molecule has 0 aliphatic heterocycles. The third-order valence-electron chi connectivity index (χ3n) is 2.75. The molecule has 0 radical (unpaired) electrons. The molecule has 82 valence electrons. The Balaban J connectivity index is 2.61. The zero-order valence-electron chi connectivity index (χ0n) is 9.28. The molecular weight excluding hydrogens is 202 g/mol. The van der Waals surface area contributed by atoms with Crippen LogP contribution in [-0.4, -0.2) is 16.6 Å². The van der Waals surface area contributed by atoms with Crippen molar-refractivity contribution in [1.29, 1.82) is 0 Å². The minimum absolute atomic E-state index is 0.114. The predicted octanol–water partition coefficient (Wildman–Crippen LogP) is 2.43. The van der Waals surface area contributed by atoms with E-state index in [2.05, 4.69) is 4.98 Å². The standard InChI is InChI=1S/C13H13NO2/c1-8(15)13(9(2)16)11-7-14-12-6-4-3-5-10(11)12/h3-7,13-14H,1-2H3. The Hall–Kier alpha value is -1.90. The summed E-state index contributed by atoms with van der Waals surface area (Å²) in [7, 11) is 0. The van der Waals surface area contributed by atoms with E-state index in [-0.39, 0.29) is 11.6 Å². The highest BCUT2D eigenvalue weighted by Gasteiger charge is 2.24. The first kappa shape index (κ1) is 10.6. The monoisotopic (exact) mass is 215 g/mol. The number of fused-ring (bicyclic) bond motifs is 1. The summed E-state index contributed by atoms with van der Waals surface area (Å²) < 4.78 is 0. The number of aromatic nitrogens is 1. The van der Waals surface area contributed by atoms with Crippen molar-refractivity contribution < 1.29 is 9.59 Å². The molecule has 1 aromatic heterocycles. The second-order valence-electron chi connectivity index (χ2n) is 3.94. The van der Waals surface area contributed by atoms with Crippen LogP contribution < -0.4 is 0 Å². The maximum Gasteiger partial charge on any atom is 0.144 e. The van der Waals surface area contributed by atoms with Crippen molar-refractivity contribution in [2.24, 2.45) is 0 Å². The molecule has 0 amide bonds. The van der Waals surface area contributed by atoms with Crippen LogP contribution >= 0.6 is 0 Å². The number of carbonyl (C=O) groups is 2. The number of hydrogen-bond acceptors (Lipinski definition) is 2. The number of H-pyrrole nitrogens is 1. The van der Waals surface area contributed by atoms with Crippen molar-refractivity contribution in [3.05, 3.63) is 36.0 Å². The van der Waals surface area contributed by atoms with Crippen LogP contribution in [-0.2, 0) is 9.59 Å². The van der Waals surface area contributed by atoms with Crippen LogP contribution in [0.2, 0.25) is 0 Å². The molecule has 0 aliphatic rings. The minimum atomic E-state index is -0.642. The molecule has 0 bridgehead atoms. The second kappa shape index (κ2) is 3.93. The molecular formula is C13H13NO2. The number of aromatic amines is 1. The third-order valence-corrected chi connectivity index (χ3v) is 2.75. The Bertz CT molecular complexity index is 540. The minimum Gasteiger partial charge on any atom is -0.361 e. The first-order valence-electron chi connectivity index (χ1n) is 5.18. The first-order chi connectivity index (χ1) is 7.61. The van der Waals surface area contributed by atoms with E-state index in [4.69, 9.17) is 0 Å². The molecule has 0 spiro atoms. The van der Waals surface area contributed by atoms with E-state index in [9.17, 15) is 9.59 Å². The molecule has 16 heavy (non-hydrogen) atoms. The average molecular weight is 215 g/mol. The SMILES string of the molecule is CC(=O)C(C(C)=O)c1c[nH]c2ccccc12. The van der Waals surface area contributed by atoms with Crippen molar-refractivity contribution in [2.45, 2.75) is 19.8 Å². The van der Waals surface area contributed by atoms with Crippen LogP contribution in [0.4, 0.5) is 0 Å². The summed E-state index contributed by atoms with van der Waals surface area (Å²) in [6.07, 6.45) is 1.75. The van der Waals surface area contributed by atoms with Crippen molar-refractivity contribution in [3.63, 3.8) is 0 Å². The number of nitrogens with one attached hydrogen (secondary N) is 1. The van der Waals surface area contributed by atoms with E-state index in [1.165, 1.54) is 13.8 Å². The lowest BCUT2D eigenvalue weighted by atomic mass is 9.92. The molecule has 0 saturated carbocycles. The molecule has 3 nitrogen and oxygen atoms in total. The molecule has 0 atom stereocenters. The van der Waals surface area contributed by atoms with Gasteiger partial charge in [-0.25, -0.2) is 0 Å². The van der Waals surface area contributed by atoms with Gasteiger partial charge in [-0.05, 0) is 25.5 Å². The number of carbonyl (C=O) groups excluding carboxylic acids is 2. The van der Waals surface area contributed by atoms with Crippen LogP contribution in [0, 0.1) is 0 Å². The third kappa shape index (κ3) is 1.65. The van der Waals surface area contributed by atoms with Crippen LogP contribution in [0.3, 0.4) is 0 Å². The van der Waals surface area contributed by atoms with Crippen LogP contribution in [0.25, 0.3) is 10.9 Å². The normalized spacial score (nSPS) is 10.9. The summed E-state index contributed by atoms with van der Waals surface area (Å²) in [4.78, 5) is 26.1. The highest BCUT2D eigenvalue weighted by Crippen LogP contribution is 2.26. The molecule has 1 N–H and O–H groups in total. The van der Waals surface area contributed by atoms with Gasteiger partial charge in [0.25, 0.3) is 0 Å². The molecule has 0 saturated heterocycles. The van der Waals surface area contributed by atoms with Crippen molar-refractivity contribution in [1.82, 2.24) is 4.98 Å². The van der Waals surface area contributed by atoms with Gasteiger partial charge in [0.05, 0.1) is 0 Å². The molecule has 3 heteroatoms. The summed E-state index contributed by atoms with van der Waals surface area (Å²) >= 11 is 0. The molecule has 2 rings (SSSR count). The summed E-state index contributed by atoms with van der Waals surface area (Å²) in [5.74, 6) is -0.870. The maximum absolute atomic E-state index is 11.5. The summed E-state index contributed by atoms with van der Waals surface area (Å²) in [6, 6.07) is 7.66. The number of para-hydroxylation sites is 1. The number of rotatable bonds is 3. The van der Waals surface area contributed by atoms with Gasteiger partial charge >= 0.3 is 0 Å². The number of benzene rings is 1. The Labute approximate surface area is 93.5 Å². The summed E-state index contributed by atoms with van der Waals surface area (Å²) in [5.41, 5.74) is 1.72. The second-order valence-corrected chi connectivity index (χ2v) is 3.94. The Morgan fingerprint density at radius 1 is 1.12 bits per heavy atom. The fourth-order valence-electron chi connectivity index (χ4n) is 2.06. The molecule has 0 fully saturated rings. The van der Waals surface area contributed by atoms with Gasteiger partial charge in [-0.15, -0.1) is 0 Å². The van der Waals surface area contributed by atoms with E-state index in [1.807, 2.05) is 24.3 Å². The smallest absolute Gasteiger partial charge is 0.144 e. The van der Waals surface area contributed by atoms with Gasteiger partial charge in [-0.2, -0.15) is 0 Å². The molecule has 2 aromatic rings. The summed E-state index contributed by atoms with van der Waals surface area (Å²) in [5, 5.41) is 0.943. The van der Waals surface area contributed by atoms with Gasteiger partial charge in [-0.3, -0.25) is 9.59 Å². The van der Waals surface area contributed by atoms with Crippen molar-refractivity contribution >= 4 is 22.5 Å². The predicted molar refractivity (Wildman–Crippen MR) is 62.4 cm³/mol. The number of Topliss-reactive ketones (excluding diaryl/α,β-unsaturated/α-hetero) is 2. The highest BCUT2D eigenvalue weighted by atomic mass is 16.1. The number of ketones is 2. The van der Waals surface area contributed by atoms with E-state index < -0.39 is 5.92 Å². The fourth-order valence-corrected chi connectivity index (χ4v) is 2.06. The van der Waals surface area contributed by atoms with E-state index in [0.29, 0.717) is 0 Å². The van der Waals surface area contributed by atoms with Crippen molar-refractivity contribution in [3.8, 4) is 0 Å². The molecule has 0 unspecified atom stereocenters. The molecule has 1 aromatic carbocycles. The lowest BCUT2D eigenvalue weighted by molar-refractivity contribution is -0.126. The van der Waals surface area contributed by atoms with Gasteiger partial charge in [0, 0.05) is 17.1 Å². The topological polar surface area (TPSA) is 49.9 Å². The van der Waals surface area contributed by atoms with Crippen molar-refractivity contribution in [2.75, 3.05) is 0 Å². The Morgan fingerprint density at radius 2 is 1.75 bits per heavy atom. The Morgan fingerprint density at radius 3 is 2.38 bits per heavy atom. The zero-order chi connectivity index (χ0) is 11.7. The Kier molecular flexibility index (Phi) is 2.60. The maximum atomic E-state index is 11.5. The highest BCUT2D eigenvalue weighted by molar-refractivity contribution is 6.08. The van der Waals surface area contributed by atoms with Crippen LogP contribution in [0.5, 0.6) is 0 Å². The van der Waals surface area contributed by atoms with E-state index in [1.54, 1.807) is 6.20 Å². The van der Waals surface area contributed by atoms with Gasteiger partial charge in [0.1, 0.15) is 17.5 Å². The molecule has 1 heterocycles. The quantitative estimate of drug-likeness (QED) is 0.799. The van der Waals surface area contributed by atoms with E-state index in [0.717, 1.165) is 16.5 Å². The molecule has 0 aliphatic carbocycles. The lowest BCUT2D eigenvalue weighted by Gasteiger charge is -2.08. The largest absolute Gasteiger partial charge is 0.361 e. The zero-order valence-corrected chi connectivity index (χ0v) is 9.28. The lowest BCUT2D eigenvalue weighted by Crippen LogP contribution is -2.16. The first-order valence-corrected chi connectivity index (χ1v) is 5.18. The van der Waals surface area contributed by atoms with Crippen LogP contribution in [0.1, 0.15) is 25.3 Å². The van der Waals surface area contributed by atoms with Crippen LogP contribution in [0.15, 0.2) is 30.5 Å². The van der Waals surface area contributed by atoms with Gasteiger partial charge < -0.3 is 4.98 Å². The fraction of sp³-hybridized carbons (Fsp3) is 0.231. The van der Waals surface area contributed by atoms with Gasteiger partial charge in [-0.1, -0.05) is 18.2 Å². The average Bonchev–Trinajstić information content (AvgIpc) is 2.61. The van der Waals surface area contributed by atoms with E-state index >= 15 is 0 Å². The van der Waals surface area contributed by atoms with Gasteiger partial charge in [0.15, 0.2) is 0 Å². The number of hydrogen-bond donors (Lipinski definition) is 1. The summed E-state index contributed by atoms with van der Waals surface area (Å²) in [6.45, 7) is 2.90. The van der Waals surface area contributed by atoms with Gasteiger partial charge in [0.2, 0.25) is 0 Å².